The summed E-state index contributed by atoms with van der Waals surface area (Å²) in [6.45, 7) is 0.983. The van der Waals surface area contributed by atoms with E-state index in [1.807, 2.05) is 54.6 Å². The molecule has 3 heterocycles. The Bertz CT molecular complexity index is 1360. The van der Waals surface area contributed by atoms with Gasteiger partial charge in [-0.3, -0.25) is 9.78 Å². The van der Waals surface area contributed by atoms with Crippen molar-refractivity contribution in [2.75, 3.05) is 25.2 Å². The van der Waals surface area contributed by atoms with Crippen LogP contribution in [0.5, 0.6) is 5.75 Å². The number of aromatic nitrogens is 3. The number of anilines is 2. The Kier molecular flexibility index (Phi) is 6.04. The van der Waals surface area contributed by atoms with Gasteiger partial charge in [0.15, 0.2) is 5.82 Å². The zero-order chi connectivity index (χ0) is 23.7. The molecule has 0 aliphatic carbocycles. The summed E-state index contributed by atoms with van der Waals surface area (Å²) in [6.07, 6.45) is 3.84. The fourth-order valence-corrected chi connectivity index (χ4v) is 4.46. The van der Waals surface area contributed by atoms with Gasteiger partial charge in [-0.05, 0) is 42.0 Å². The SMILES string of the molecule is COc1ccc(CN2CCc3nc([S+](C)[O-])nc(Nc4ccc5ncccc5c4)c3C2=O)cc1. The molecule has 0 bridgehead atoms. The summed E-state index contributed by atoms with van der Waals surface area (Å²) >= 11 is -1.38. The van der Waals surface area contributed by atoms with Gasteiger partial charge in [-0.15, -0.1) is 0 Å². The molecule has 2 aromatic heterocycles. The highest BCUT2D eigenvalue weighted by atomic mass is 32.2. The Morgan fingerprint density at radius 1 is 1.15 bits per heavy atom. The molecular weight excluding hydrogens is 450 g/mol. The number of rotatable bonds is 6. The summed E-state index contributed by atoms with van der Waals surface area (Å²) in [5.74, 6) is 0.975. The van der Waals surface area contributed by atoms with E-state index in [2.05, 4.69) is 20.3 Å². The minimum Gasteiger partial charge on any atom is -0.609 e. The van der Waals surface area contributed by atoms with Crippen molar-refractivity contribution in [3.8, 4) is 5.75 Å². The fraction of sp³-hybridized carbons (Fsp3) is 0.200. The van der Waals surface area contributed by atoms with E-state index in [-0.39, 0.29) is 11.1 Å². The second-order valence-corrected chi connectivity index (χ2v) is 9.26. The van der Waals surface area contributed by atoms with E-state index < -0.39 is 11.2 Å². The summed E-state index contributed by atoms with van der Waals surface area (Å²) in [4.78, 5) is 28.6. The Labute approximate surface area is 200 Å². The number of nitrogens with zero attached hydrogens (tertiary/aromatic N) is 4. The second kappa shape index (κ2) is 9.28. The molecule has 1 aliphatic rings. The van der Waals surface area contributed by atoms with E-state index in [4.69, 9.17) is 4.74 Å². The van der Waals surface area contributed by atoms with Gasteiger partial charge in [-0.2, -0.15) is 9.97 Å². The first-order valence-electron chi connectivity index (χ1n) is 10.8. The van der Waals surface area contributed by atoms with Crippen LogP contribution in [0.4, 0.5) is 11.5 Å². The molecule has 34 heavy (non-hydrogen) atoms. The maximum Gasteiger partial charge on any atom is 0.344 e. The van der Waals surface area contributed by atoms with Crippen molar-refractivity contribution in [1.82, 2.24) is 19.9 Å². The molecular formula is C25H23N5O3S. The third-order valence-corrected chi connectivity index (χ3v) is 6.44. The smallest absolute Gasteiger partial charge is 0.344 e. The van der Waals surface area contributed by atoms with Gasteiger partial charge >= 0.3 is 5.16 Å². The normalized spacial score (nSPS) is 14.1. The standard InChI is InChI=1S/C25H23N5O3S/c1-33-19-8-5-16(6-9-19)15-30-13-11-21-22(24(30)31)23(29-25(28-21)34(2)32)27-18-7-10-20-17(14-18)4-3-12-26-20/h3-10,12,14H,11,13,15H2,1-2H3,(H,27,28,29). The first kappa shape index (κ1) is 22.1. The van der Waals surface area contributed by atoms with Gasteiger partial charge in [-0.25, -0.2) is 0 Å². The zero-order valence-corrected chi connectivity index (χ0v) is 19.6. The van der Waals surface area contributed by atoms with Crippen molar-refractivity contribution in [3.63, 3.8) is 0 Å². The number of carbonyl (C=O) groups excluding carboxylic acids is 1. The van der Waals surface area contributed by atoms with Crippen LogP contribution in [0.15, 0.2) is 66.0 Å². The number of nitrogens with one attached hydrogen (secondary N) is 1. The van der Waals surface area contributed by atoms with Crippen LogP contribution in [-0.2, 0) is 24.1 Å². The highest BCUT2D eigenvalue weighted by Crippen LogP contribution is 2.29. The predicted octanol–water partition coefficient (Wildman–Crippen LogP) is 3.71. The molecule has 0 saturated carbocycles. The van der Waals surface area contributed by atoms with E-state index in [0.29, 0.717) is 36.6 Å². The van der Waals surface area contributed by atoms with Crippen molar-refractivity contribution in [2.24, 2.45) is 0 Å². The Morgan fingerprint density at radius 2 is 1.97 bits per heavy atom. The number of methoxy groups -OCH3 is 1. The highest BCUT2D eigenvalue weighted by Gasteiger charge is 2.31. The van der Waals surface area contributed by atoms with E-state index >= 15 is 0 Å². The third-order valence-electron chi connectivity index (χ3n) is 5.74. The molecule has 1 aliphatic heterocycles. The predicted molar refractivity (Wildman–Crippen MR) is 131 cm³/mol. The molecule has 8 nitrogen and oxygen atoms in total. The zero-order valence-electron chi connectivity index (χ0n) is 18.8. The summed E-state index contributed by atoms with van der Waals surface area (Å²) in [5.41, 5.74) is 3.66. The summed E-state index contributed by atoms with van der Waals surface area (Å²) < 4.78 is 17.4. The first-order chi connectivity index (χ1) is 16.5. The maximum absolute atomic E-state index is 13.5. The van der Waals surface area contributed by atoms with Crippen LogP contribution < -0.4 is 10.1 Å². The number of ether oxygens (including phenoxy) is 1. The minimum absolute atomic E-state index is 0.157. The number of amides is 1. The molecule has 5 rings (SSSR count). The first-order valence-corrected chi connectivity index (χ1v) is 12.4. The Hall–Kier alpha value is -3.69. The van der Waals surface area contributed by atoms with E-state index in [0.717, 1.165) is 27.9 Å². The van der Waals surface area contributed by atoms with Gasteiger partial charge in [0.25, 0.3) is 5.91 Å². The van der Waals surface area contributed by atoms with Gasteiger partial charge < -0.3 is 19.5 Å². The molecule has 0 spiro atoms. The topological polar surface area (TPSA) is 103 Å². The quantitative estimate of drug-likeness (QED) is 0.336. The van der Waals surface area contributed by atoms with Crippen LogP contribution in [0.25, 0.3) is 10.9 Å². The van der Waals surface area contributed by atoms with Crippen LogP contribution in [-0.4, -0.2) is 50.2 Å². The number of fused-ring (bicyclic) bond motifs is 2. The molecule has 0 saturated heterocycles. The van der Waals surface area contributed by atoms with Gasteiger partial charge in [-0.1, -0.05) is 18.2 Å². The average molecular weight is 474 g/mol. The van der Waals surface area contributed by atoms with Gasteiger partial charge in [0.05, 0.1) is 18.3 Å². The molecule has 1 unspecified atom stereocenters. The molecule has 1 amide bonds. The monoisotopic (exact) mass is 473 g/mol. The molecule has 0 radical (unpaired) electrons. The summed E-state index contributed by atoms with van der Waals surface area (Å²) in [7, 11) is 1.62. The summed E-state index contributed by atoms with van der Waals surface area (Å²) in [5, 5.41) is 4.44. The Balaban J connectivity index is 1.49. The lowest BCUT2D eigenvalue weighted by atomic mass is 10.0. The van der Waals surface area contributed by atoms with Crippen molar-refractivity contribution in [2.45, 2.75) is 18.1 Å². The molecule has 1 atom stereocenters. The second-order valence-electron chi connectivity index (χ2n) is 7.99. The minimum atomic E-state index is -1.38. The number of hydrogen-bond acceptors (Lipinski definition) is 7. The lowest BCUT2D eigenvalue weighted by Gasteiger charge is -2.29. The molecule has 172 valence electrons. The van der Waals surface area contributed by atoms with Gasteiger partial charge in [0, 0.05) is 48.0 Å². The van der Waals surface area contributed by atoms with Crippen LogP contribution in [0, 0.1) is 0 Å². The number of benzene rings is 2. The van der Waals surface area contributed by atoms with Crippen LogP contribution in [0.3, 0.4) is 0 Å². The van der Waals surface area contributed by atoms with Crippen LogP contribution >= 0.6 is 0 Å². The fourth-order valence-electron chi connectivity index (χ4n) is 4.00. The molecule has 2 aromatic carbocycles. The lowest BCUT2D eigenvalue weighted by Crippen LogP contribution is -2.38. The van der Waals surface area contributed by atoms with Crippen molar-refractivity contribution >= 4 is 39.5 Å². The highest BCUT2D eigenvalue weighted by molar-refractivity contribution is 7.90. The lowest BCUT2D eigenvalue weighted by molar-refractivity contribution is 0.0725. The Morgan fingerprint density at radius 3 is 2.74 bits per heavy atom. The van der Waals surface area contributed by atoms with E-state index in [1.165, 1.54) is 6.26 Å². The van der Waals surface area contributed by atoms with Crippen molar-refractivity contribution in [3.05, 3.63) is 77.6 Å². The molecule has 0 fully saturated rings. The van der Waals surface area contributed by atoms with Gasteiger partial charge in [0.2, 0.25) is 0 Å². The third kappa shape index (κ3) is 4.40. The molecule has 9 heteroatoms. The van der Waals surface area contributed by atoms with E-state index in [9.17, 15) is 9.35 Å². The van der Waals surface area contributed by atoms with Crippen LogP contribution in [0.2, 0.25) is 0 Å². The van der Waals surface area contributed by atoms with Crippen LogP contribution in [0.1, 0.15) is 21.6 Å². The number of hydrogen-bond donors (Lipinski definition) is 1. The van der Waals surface area contributed by atoms with Crippen molar-refractivity contribution < 1.29 is 14.1 Å². The maximum atomic E-state index is 13.5. The average Bonchev–Trinajstić information content (AvgIpc) is 2.86. The van der Waals surface area contributed by atoms with E-state index in [1.54, 1.807) is 18.2 Å². The summed E-state index contributed by atoms with van der Waals surface area (Å²) in [6, 6.07) is 17.2. The number of carbonyl (C=O) groups is 1. The largest absolute Gasteiger partial charge is 0.609 e. The molecule has 4 aromatic rings. The van der Waals surface area contributed by atoms with Gasteiger partial charge in [0.1, 0.15) is 17.6 Å². The molecule has 1 N–H and O–H groups in total. The van der Waals surface area contributed by atoms with Crippen molar-refractivity contribution in [1.29, 1.82) is 0 Å². The number of pyridine rings is 1.